The Bertz CT molecular complexity index is 2790. The number of likely N-dealkylation sites (tertiary alicyclic amines) is 1. The van der Waals surface area contributed by atoms with Crippen LogP contribution in [0.25, 0.3) is 33.1 Å². The number of hydrogen-bond acceptors (Lipinski definition) is 10. The molecule has 2 aromatic carbocycles. The van der Waals surface area contributed by atoms with Gasteiger partial charge in [0.15, 0.2) is 0 Å². The first-order valence-electron chi connectivity index (χ1n) is 21.8. The molecule has 6 aromatic rings. The van der Waals surface area contributed by atoms with E-state index >= 15 is 4.39 Å². The molecule has 342 valence electrons. The molecule has 6 heterocycles. The molecule has 2 saturated heterocycles. The number of carbonyl (C=O) groups is 1. The van der Waals surface area contributed by atoms with E-state index in [1.807, 2.05) is 32.9 Å². The third-order valence-corrected chi connectivity index (χ3v) is 12.0. The number of aryl methyl sites for hydroxylation is 3. The van der Waals surface area contributed by atoms with Crippen molar-refractivity contribution >= 4 is 39.3 Å². The molecule has 0 saturated carbocycles. The Morgan fingerprint density at radius 2 is 1.78 bits per heavy atom. The number of benzene rings is 2. The van der Waals surface area contributed by atoms with Crippen molar-refractivity contribution in [2.24, 2.45) is 7.05 Å². The van der Waals surface area contributed by atoms with Crippen LogP contribution in [0.5, 0.6) is 5.88 Å². The number of alkyl halides is 3. The fourth-order valence-corrected chi connectivity index (χ4v) is 8.69. The SMILES string of the molecule is CC(C)n1c(=O)n(C)c2cnc3cc(F)c(-c4ccc(OCCCN5CCCCC5)nc4)cc3c21.Cc1cccc(N(C)C(=O)C2C(O)CCN2c2nc(C)cc(C(F)(F)F)c2C#N)c1. The van der Waals surface area contributed by atoms with E-state index in [0.29, 0.717) is 34.8 Å². The Kier molecular flexibility index (Phi) is 13.9. The van der Waals surface area contributed by atoms with Gasteiger partial charge < -0.3 is 24.5 Å². The number of nitriles is 1. The van der Waals surface area contributed by atoms with E-state index in [2.05, 4.69) is 19.9 Å². The number of rotatable bonds is 10. The summed E-state index contributed by atoms with van der Waals surface area (Å²) >= 11 is 0. The third kappa shape index (κ3) is 9.84. The van der Waals surface area contributed by atoms with Gasteiger partial charge >= 0.3 is 11.9 Å². The lowest BCUT2D eigenvalue weighted by molar-refractivity contribution is -0.137. The first-order valence-corrected chi connectivity index (χ1v) is 21.8. The van der Waals surface area contributed by atoms with E-state index in [-0.39, 0.29) is 42.0 Å². The number of carbonyl (C=O) groups excluding carboxylic acids is 1. The summed E-state index contributed by atoms with van der Waals surface area (Å²) in [7, 11) is 3.27. The number of aliphatic hydroxyl groups is 1. The molecule has 1 amide bonds. The highest BCUT2D eigenvalue weighted by Crippen LogP contribution is 2.38. The molecule has 1 N–H and O–H groups in total. The summed E-state index contributed by atoms with van der Waals surface area (Å²) < 4.78 is 64.7. The second-order valence-electron chi connectivity index (χ2n) is 17.0. The molecule has 0 aliphatic carbocycles. The number of hydrogen-bond donors (Lipinski definition) is 1. The Balaban J connectivity index is 0.000000197. The van der Waals surface area contributed by atoms with Crippen molar-refractivity contribution in [2.45, 2.75) is 84.2 Å². The monoisotopic (exact) mass is 895 g/mol. The number of piperidine rings is 1. The Hall–Kier alpha value is -6.38. The maximum absolute atomic E-state index is 15.1. The summed E-state index contributed by atoms with van der Waals surface area (Å²) in [6, 6.07) is 15.2. The van der Waals surface area contributed by atoms with Crippen molar-refractivity contribution in [1.82, 2.24) is 29.0 Å². The molecular weight excluding hydrogens is 843 g/mol. The van der Waals surface area contributed by atoms with E-state index in [1.165, 1.54) is 62.2 Å². The maximum Gasteiger partial charge on any atom is 0.417 e. The van der Waals surface area contributed by atoms with Crippen molar-refractivity contribution in [1.29, 1.82) is 5.26 Å². The zero-order valence-corrected chi connectivity index (χ0v) is 37.4. The highest BCUT2D eigenvalue weighted by atomic mass is 19.4. The summed E-state index contributed by atoms with van der Waals surface area (Å²) in [5, 5.41) is 20.7. The smallest absolute Gasteiger partial charge is 0.417 e. The molecule has 17 heteroatoms. The van der Waals surface area contributed by atoms with E-state index < -0.39 is 35.4 Å². The van der Waals surface area contributed by atoms with Crippen LogP contribution in [0.1, 0.15) is 74.4 Å². The van der Waals surface area contributed by atoms with Crippen LogP contribution >= 0.6 is 0 Å². The number of anilines is 2. The second kappa shape index (κ2) is 19.4. The van der Waals surface area contributed by atoms with E-state index in [0.717, 1.165) is 41.0 Å². The lowest BCUT2D eigenvalue weighted by Crippen LogP contribution is -2.49. The molecule has 0 bridgehead atoms. The van der Waals surface area contributed by atoms with Crippen LogP contribution in [0.15, 0.2) is 71.8 Å². The van der Waals surface area contributed by atoms with Gasteiger partial charge in [-0.1, -0.05) is 18.6 Å². The fraction of sp³-hybridized carbons (Fsp3) is 0.417. The van der Waals surface area contributed by atoms with Gasteiger partial charge in [0, 0.05) is 79.5 Å². The number of halogens is 4. The minimum Gasteiger partial charge on any atom is -0.478 e. The molecule has 2 unspecified atom stereocenters. The highest BCUT2D eigenvalue weighted by molar-refractivity contribution is 6.04. The largest absolute Gasteiger partial charge is 0.478 e. The number of imidazole rings is 1. The van der Waals surface area contributed by atoms with Crippen LogP contribution in [0, 0.1) is 31.0 Å². The molecule has 8 rings (SSSR count). The van der Waals surface area contributed by atoms with Gasteiger partial charge in [0.05, 0.1) is 41.0 Å². The topological polar surface area (TPSA) is 146 Å². The van der Waals surface area contributed by atoms with Crippen molar-refractivity contribution in [3.63, 3.8) is 0 Å². The number of likely N-dealkylation sites (N-methyl/N-ethyl adjacent to an activating group) is 1. The zero-order valence-electron chi connectivity index (χ0n) is 37.4. The molecule has 0 radical (unpaired) electrons. The zero-order chi connectivity index (χ0) is 46.7. The fourth-order valence-electron chi connectivity index (χ4n) is 8.69. The van der Waals surface area contributed by atoms with E-state index in [4.69, 9.17) is 4.74 Å². The van der Waals surface area contributed by atoms with Crippen molar-refractivity contribution in [3.8, 4) is 23.1 Å². The molecule has 2 aliphatic rings. The predicted octanol–water partition coefficient (Wildman–Crippen LogP) is 8.12. The van der Waals surface area contributed by atoms with Gasteiger partial charge in [0.25, 0.3) is 5.91 Å². The van der Waals surface area contributed by atoms with Gasteiger partial charge in [-0.25, -0.2) is 19.2 Å². The summed E-state index contributed by atoms with van der Waals surface area (Å²) in [6.45, 7) is 11.3. The second-order valence-corrected chi connectivity index (χ2v) is 17.0. The van der Waals surface area contributed by atoms with Crippen LogP contribution in [-0.2, 0) is 18.0 Å². The summed E-state index contributed by atoms with van der Waals surface area (Å²) in [6.07, 6.45) is 2.46. The van der Waals surface area contributed by atoms with Crippen molar-refractivity contribution in [3.05, 3.63) is 106 Å². The average Bonchev–Trinajstić information content (AvgIpc) is 3.79. The van der Waals surface area contributed by atoms with E-state index in [9.17, 15) is 33.1 Å². The van der Waals surface area contributed by atoms with Gasteiger partial charge in [-0.05, 0) is 102 Å². The molecule has 2 atom stereocenters. The standard InChI is InChI=1S/C27H32FN5O2.C21H21F3N4O2/c1-18(2)33-26-21-14-20(22(28)15-23(21)29-17-24(26)31(3)27(33)34)19-8-9-25(30-16-19)35-13-7-12-32-10-5-4-6-11-32;1-12-5-4-6-14(9-12)27(3)20(30)18-17(29)7-8-28(18)19-15(11-25)16(21(22,23)24)10-13(2)26-19/h8-9,14-18H,4-7,10-13H2,1-3H3;4-6,9-10,17-18,29H,7-8H2,1-3H3. The van der Waals surface area contributed by atoms with Crippen LogP contribution in [0.3, 0.4) is 0 Å². The molecule has 0 spiro atoms. The van der Waals surface area contributed by atoms with Gasteiger partial charge in [-0.2, -0.15) is 18.4 Å². The number of ether oxygens (including phenoxy) is 1. The normalized spacial score (nSPS) is 16.8. The van der Waals surface area contributed by atoms with Gasteiger partial charge in [-0.3, -0.25) is 18.9 Å². The van der Waals surface area contributed by atoms with Crippen LogP contribution in [-0.4, -0.2) is 92.0 Å². The lowest BCUT2D eigenvalue weighted by atomic mass is 10.0. The number of nitrogens with zero attached hydrogens (tertiary/aromatic N) is 9. The lowest BCUT2D eigenvalue weighted by Gasteiger charge is -2.31. The van der Waals surface area contributed by atoms with Crippen LogP contribution in [0.4, 0.5) is 29.1 Å². The van der Waals surface area contributed by atoms with Crippen molar-refractivity contribution < 1.29 is 32.2 Å². The number of amides is 1. The van der Waals surface area contributed by atoms with Crippen molar-refractivity contribution in [2.75, 3.05) is 49.6 Å². The first-order chi connectivity index (χ1) is 31.0. The number of pyridine rings is 3. The predicted molar refractivity (Wildman–Crippen MR) is 241 cm³/mol. The van der Waals surface area contributed by atoms with Gasteiger partial charge in [0.1, 0.15) is 29.3 Å². The molecule has 2 aliphatic heterocycles. The number of aromatic nitrogens is 5. The van der Waals surface area contributed by atoms with Gasteiger partial charge in [0.2, 0.25) is 5.88 Å². The molecule has 2 fully saturated rings. The number of fused-ring (bicyclic) bond motifs is 3. The van der Waals surface area contributed by atoms with Gasteiger partial charge in [-0.15, -0.1) is 0 Å². The highest BCUT2D eigenvalue weighted by Gasteiger charge is 2.44. The van der Waals surface area contributed by atoms with E-state index in [1.54, 1.807) is 65.0 Å². The minimum atomic E-state index is -4.75. The molecule has 4 aromatic heterocycles. The molecular formula is C48H53F4N9O4. The Morgan fingerprint density at radius 3 is 2.45 bits per heavy atom. The van der Waals surface area contributed by atoms with Crippen LogP contribution < -0.4 is 20.2 Å². The quantitative estimate of drug-likeness (QED) is 0.106. The summed E-state index contributed by atoms with van der Waals surface area (Å²) in [5.41, 5.74) is 2.78. The third-order valence-electron chi connectivity index (χ3n) is 12.0. The summed E-state index contributed by atoms with van der Waals surface area (Å²) in [4.78, 5) is 44.1. The maximum atomic E-state index is 15.1. The average molecular weight is 896 g/mol. The van der Waals surface area contributed by atoms with Crippen LogP contribution in [0.2, 0.25) is 0 Å². The number of aliphatic hydroxyl groups excluding tert-OH is 1. The summed E-state index contributed by atoms with van der Waals surface area (Å²) in [5.74, 6) is -0.575. The Morgan fingerprint density at radius 1 is 1.03 bits per heavy atom. The first kappa shape index (κ1) is 46.6. The molecule has 65 heavy (non-hydrogen) atoms. The Labute approximate surface area is 374 Å². The minimum absolute atomic E-state index is 0.0432. The molecule has 13 nitrogen and oxygen atoms in total.